The Balaban J connectivity index is 1.81. The molecule has 1 fully saturated rings. The van der Waals surface area contributed by atoms with E-state index in [1.54, 1.807) is 0 Å². The number of aryl methyl sites for hydroxylation is 2. The van der Waals surface area contributed by atoms with Crippen LogP contribution in [0.5, 0.6) is 5.75 Å². The van der Waals surface area contributed by atoms with Gasteiger partial charge in [-0.1, -0.05) is 26.3 Å². The molecule has 4 heteroatoms. The van der Waals surface area contributed by atoms with Gasteiger partial charge in [-0.25, -0.2) is 0 Å². The summed E-state index contributed by atoms with van der Waals surface area (Å²) in [4.78, 5) is 14.9. The average molecular weight is 330 g/mol. The molecule has 1 aliphatic carbocycles. The second kappa shape index (κ2) is 6.40. The summed E-state index contributed by atoms with van der Waals surface area (Å²) in [5.41, 5.74) is 4.15. The van der Waals surface area contributed by atoms with Crippen LogP contribution in [0.4, 0.5) is 0 Å². The quantitative estimate of drug-likeness (QED) is 0.894. The number of aromatic hydroxyl groups is 1. The fourth-order valence-corrected chi connectivity index (χ4v) is 4.34. The van der Waals surface area contributed by atoms with E-state index in [0.717, 1.165) is 30.6 Å². The van der Waals surface area contributed by atoms with E-state index < -0.39 is 0 Å². The summed E-state index contributed by atoms with van der Waals surface area (Å²) in [7, 11) is 0. The number of benzene rings is 1. The summed E-state index contributed by atoms with van der Waals surface area (Å²) in [6, 6.07) is 1.92. The van der Waals surface area contributed by atoms with Crippen molar-refractivity contribution in [1.82, 2.24) is 10.2 Å². The normalized spacial score (nSPS) is 23.1. The monoisotopic (exact) mass is 330 g/mol. The maximum atomic E-state index is 12.6. The SMILES string of the molecule is Cc1cc(C)c2c(c1O)C(NC(=O)CN1CCCCC1)C(C)(C)C2. The summed E-state index contributed by atoms with van der Waals surface area (Å²) in [5, 5.41) is 13.8. The number of hydrogen-bond donors (Lipinski definition) is 2. The fourth-order valence-electron chi connectivity index (χ4n) is 4.34. The Bertz CT molecular complexity index is 646. The number of hydrogen-bond acceptors (Lipinski definition) is 3. The van der Waals surface area contributed by atoms with Crippen LogP contribution in [0.1, 0.15) is 61.4 Å². The molecule has 1 saturated heterocycles. The Kier molecular flexibility index (Phi) is 4.60. The van der Waals surface area contributed by atoms with Crippen molar-refractivity contribution in [1.29, 1.82) is 0 Å². The van der Waals surface area contributed by atoms with E-state index in [2.05, 4.69) is 31.0 Å². The third-order valence-corrected chi connectivity index (χ3v) is 5.69. The molecule has 2 aliphatic rings. The summed E-state index contributed by atoms with van der Waals surface area (Å²) in [6.07, 6.45) is 4.53. The van der Waals surface area contributed by atoms with E-state index in [1.807, 2.05) is 13.0 Å². The van der Waals surface area contributed by atoms with E-state index in [-0.39, 0.29) is 17.4 Å². The van der Waals surface area contributed by atoms with Gasteiger partial charge in [-0.15, -0.1) is 0 Å². The molecule has 24 heavy (non-hydrogen) atoms. The molecule has 1 aromatic carbocycles. The molecule has 1 aliphatic heterocycles. The van der Waals surface area contributed by atoms with Gasteiger partial charge in [-0.05, 0) is 68.3 Å². The molecule has 4 nitrogen and oxygen atoms in total. The van der Waals surface area contributed by atoms with Crippen LogP contribution in [0.3, 0.4) is 0 Å². The Morgan fingerprint density at radius 2 is 1.92 bits per heavy atom. The predicted octanol–water partition coefficient (Wildman–Crippen LogP) is 3.23. The second-order valence-corrected chi connectivity index (χ2v) is 8.25. The van der Waals surface area contributed by atoms with Gasteiger partial charge >= 0.3 is 0 Å². The topological polar surface area (TPSA) is 52.6 Å². The third-order valence-electron chi connectivity index (χ3n) is 5.69. The number of nitrogens with one attached hydrogen (secondary N) is 1. The first-order valence-corrected chi connectivity index (χ1v) is 9.13. The largest absolute Gasteiger partial charge is 0.507 e. The molecule has 3 rings (SSSR count). The molecule has 132 valence electrons. The van der Waals surface area contributed by atoms with Crippen LogP contribution in [-0.4, -0.2) is 35.5 Å². The lowest BCUT2D eigenvalue weighted by atomic mass is 9.85. The van der Waals surface area contributed by atoms with Crippen molar-refractivity contribution < 1.29 is 9.90 Å². The van der Waals surface area contributed by atoms with Gasteiger partial charge < -0.3 is 10.4 Å². The molecule has 1 heterocycles. The van der Waals surface area contributed by atoms with Crippen molar-refractivity contribution in [2.24, 2.45) is 5.41 Å². The lowest BCUT2D eigenvalue weighted by molar-refractivity contribution is -0.124. The zero-order valence-electron chi connectivity index (χ0n) is 15.4. The molecule has 0 spiro atoms. The van der Waals surface area contributed by atoms with Crippen LogP contribution in [-0.2, 0) is 11.2 Å². The van der Waals surface area contributed by atoms with Crippen molar-refractivity contribution in [3.05, 3.63) is 28.3 Å². The highest BCUT2D eigenvalue weighted by Crippen LogP contribution is 2.50. The van der Waals surface area contributed by atoms with Gasteiger partial charge in [-0.2, -0.15) is 0 Å². The number of carbonyl (C=O) groups is 1. The van der Waals surface area contributed by atoms with Gasteiger partial charge in [0.2, 0.25) is 5.91 Å². The molecule has 0 bridgehead atoms. The zero-order chi connectivity index (χ0) is 17.5. The van der Waals surface area contributed by atoms with Gasteiger partial charge in [0.25, 0.3) is 0 Å². The third kappa shape index (κ3) is 3.16. The first kappa shape index (κ1) is 17.3. The molecule has 1 atom stereocenters. The number of fused-ring (bicyclic) bond motifs is 1. The summed E-state index contributed by atoms with van der Waals surface area (Å²) in [6.45, 7) is 10.9. The van der Waals surface area contributed by atoms with Gasteiger partial charge in [0, 0.05) is 5.56 Å². The van der Waals surface area contributed by atoms with Crippen LogP contribution in [0.2, 0.25) is 0 Å². The molecule has 0 aromatic heterocycles. The number of amides is 1. The Morgan fingerprint density at radius 3 is 2.58 bits per heavy atom. The number of carbonyl (C=O) groups excluding carboxylic acids is 1. The van der Waals surface area contributed by atoms with Gasteiger partial charge in [-0.3, -0.25) is 9.69 Å². The molecule has 1 unspecified atom stereocenters. The van der Waals surface area contributed by atoms with Crippen LogP contribution in [0.15, 0.2) is 6.07 Å². The number of phenolic OH excluding ortho intramolecular Hbond substituents is 1. The lowest BCUT2D eigenvalue weighted by Gasteiger charge is -2.31. The first-order valence-electron chi connectivity index (χ1n) is 9.13. The summed E-state index contributed by atoms with van der Waals surface area (Å²) >= 11 is 0. The smallest absolute Gasteiger partial charge is 0.234 e. The zero-order valence-corrected chi connectivity index (χ0v) is 15.4. The van der Waals surface area contributed by atoms with Crippen molar-refractivity contribution in [3.63, 3.8) is 0 Å². The minimum atomic E-state index is -0.122. The van der Waals surface area contributed by atoms with E-state index in [9.17, 15) is 9.90 Å². The van der Waals surface area contributed by atoms with Crippen LogP contribution < -0.4 is 5.32 Å². The highest BCUT2D eigenvalue weighted by atomic mass is 16.3. The molecule has 1 aromatic rings. The second-order valence-electron chi connectivity index (χ2n) is 8.25. The highest BCUT2D eigenvalue weighted by Gasteiger charge is 2.42. The lowest BCUT2D eigenvalue weighted by Crippen LogP contribution is -2.43. The van der Waals surface area contributed by atoms with Crippen molar-refractivity contribution in [2.75, 3.05) is 19.6 Å². The number of piperidine rings is 1. The van der Waals surface area contributed by atoms with E-state index in [1.165, 1.54) is 30.4 Å². The molecular weight excluding hydrogens is 300 g/mol. The fraction of sp³-hybridized carbons (Fsp3) is 0.650. The van der Waals surface area contributed by atoms with Crippen molar-refractivity contribution in [3.8, 4) is 5.75 Å². The maximum Gasteiger partial charge on any atom is 0.234 e. The van der Waals surface area contributed by atoms with Crippen LogP contribution >= 0.6 is 0 Å². The standard InChI is InChI=1S/C20H30N2O2/c1-13-10-14(2)18(24)17-15(13)11-20(3,4)19(17)21-16(23)12-22-8-6-5-7-9-22/h10,19,24H,5-9,11-12H2,1-4H3,(H,21,23). The first-order chi connectivity index (χ1) is 11.3. The van der Waals surface area contributed by atoms with Crippen molar-refractivity contribution >= 4 is 5.91 Å². The van der Waals surface area contributed by atoms with Gasteiger partial charge in [0.1, 0.15) is 5.75 Å². The Morgan fingerprint density at radius 1 is 1.25 bits per heavy atom. The van der Waals surface area contributed by atoms with Crippen molar-refractivity contribution in [2.45, 2.75) is 59.4 Å². The summed E-state index contributed by atoms with van der Waals surface area (Å²) in [5.74, 6) is 0.422. The molecule has 0 saturated carbocycles. The van der Waals surface area contributed by atoms with Gasteiger partial charge in [0.05, 0.1) is 12.6 Å². The number of likely N-dealkylation sites (tertiary alicyclic amines) is 1. The minimum Gasteiger partial charge on any atom is -0.507 e. The highest BCUT2D eigenvalue weighted by molar-refractivity contribution is 5.79. The number of rotatable bonds is 3. The molecule has 1 amide bonds. The molecule has 2 N–H and O–H groups in total. The summed E-state index contributed by atoms with van der Waals surface area (Å²) < 4.78 is 0. The maximum absolute atomic E-state index is 12.6. The number of nitrogens with zero attached hydrogens (tertiary/aromatic N) is 1. The average Bonchev–Trinajstić information content (AvgIpc) is 2.78. The minimum absolute atomic E-state index is 0.0707. The molecule has 0 radical (unpaired) electrons. The molecular formula is C20H30N2O2. The van der Waals surface area contributed by atoms with E-state index in [4.69, 9.17) is 0 Å². The van der Waals surface area contributed by atoms with E-state index in [0.29, 0.717) is 12.3 Å². The Hall–Kier alpha value is -1.55. The van der Waals surface area contributed by atoms with Gasteiger partial charge in [0.15, 0.2) is 0 Å². The van der Waals surface area contributed by atoms with E-state index >= 15 is 0 Å². The van der Waals surface area contributed by atoms with Crippen LogP contribution in [0, 0.1) is 19.3 Å². The Labute approximate surface area is 145 Å². The number of phenols is 1. The van der Waals surface area contributed by atoms with Crippen LogP contribution in [0.25, 0.3) is 0 Å². The predicted molar refractivity (Wildman–Crippen MR) is 96.2 cm³/mol.